The standard InChI is InChI=1S/C13H17N3O/c1-8(7-14)13-12-9-3-2-6-17-11(9)5-4-10(12)15-16-13/h4-5,8H,2-3,6-7,14H2,1H3,(H,15,16)/t8-/m0/s1. The fourth-order valence-electron chi connectivity index (χ4n) is 2.48. The SMILES string of the molecule is C[C@@H](CN)c1[nH]nc2ccc3c(c12)CCCO3. The minimum Gasteiger partial charge on any atom is -0.493 e. The first-order chi connectivity index (χ1) is 8.31. The Morgan fingerprint density at radius 2 is 2.41 bits per heavy atom. The van der Waals surface area contributed by atoms with Crippen molar-refractivity contribution >= 4 is 10.9 Å². The van der Waals surface area contributed by atoms with E-state index in [0.29, 0.717) is 12.5 Å². The number of rotatable bonds is 2. The van der Waals surface area contributed by atoms with Gasteiger partial charge in [-0.15, -0.1) is 0 Å². The highest BCUT2D eigenvalue weighted by molar-refractivity contribution is 5.87. The largest absolute Gasteiger partial charge is 0.493 e. The molecule has 2 aromatic rings. The van der Waals surface area contributed by atoms with E-state index < -0.39 is 0 Å². The third-order valence-electron chi connectivity index (χ3n) is 3.49. The van der Waals surface area contributed by atoms with E-state index in [1.54, 1.807) is 0 Å². The lowest BCUT2D eigenvalue weighted by atomic mass is 9.96. The maximum absolute atomic E-state index is 5.75. The van der Waals surface area contributed by atoms with Crippen molar-refractivity contribution in [2.75, 3.05) is 13.2 Å². The number of ether oxygens (including phenoxy) is 1. The molecule has 0 unspecified atom stereocenters. The van der Waals surface area contributed by atoms with Gasteiger partial charge in [0.2, 0.25) is 0 Å². The lowest BCUT2D eigenvalue weighted by molar-refractivity contribution is 0.289. The summed E-state index contributed by atoms with van der Waals surface area (Å²) in [6.45, 7) is 3.57. The molecule has 1 aromatic carbocycles. The number of nitrogens with two attached hydrogens (primary N) is 1. The number of hydrogen-bond donors (Lipinski definition) is 2. The predicted octanol–water partition coefficient (Wildman–Crippen LogP) is 1.95. The summed E-state index contributed by atoms with van der Waals surface area (Å²) >= 11 is 0. The highest BCUT2D eigenvalue weighted by Gasteiger charge is 2.20. The van der Waals surface area contributed by atoms with Gasteiger partial charge in [-0.05, 0) is 25.0 Å². The first kappa shape index (κ1) is 10.6. The average molecular weight is 231 g/mol. The van der Waals surface area contributed by atoms with Crippen LogP contribution in [-0.4, -0.2) is 23.3 Å². The van der Waals surface area contributed by atoms with Gasteiger partial charge in [-0.3, -0.25) is 5.10 Å². The molecule has 0 saturated carbocycles. The van der Waals surface area contributed by atoms with Gasteiger partial charge >= 0.3 is 0 Å². The molecule has 0 radical (unpaired) electrons. The van der Waals surface area contributed by atoms with Crippen LogP contribution in [0.2, 0.25) is 0 Å². The van der Waals surface area contributed by atoms with Crippen molar-refractivity contribution in [3.05, 3.63) is 23.4 Å². The summed E-state index contributed by atoms with van der Waals surface area (Å²) in [4.78, 5) is 0. The molecule has 1 aromatic heterocycles. The molecular formula is C13H17N3O. The van der Waals surface area contributed by atoms with E-state index >= 15 is 0 Å². The van der Waals surface area contributed by atoms with Crippen molar-refractivity contribution in [2.24, 2.45) is 5.73 Å². The van der Waals surface area contributed by atoms with E-state index in [1.807, 2.05) is 12.1 Å². The van der Waals surface area contributed by atoms with Crippen molar-refractivity contribution in [1.29, 1.82) is 0 Å². The smallest absolute Gasteiger partial charge is 0.123 e. The molecule has 4 heteroatoms. The van der Waals surface area contributed by atoms with E-state index in [4.69, 9.17) is 10.5 Å². The van der Waals surface area contributed by atoms with E-state index in [1.165, 1.54) is 10.9 Å². The van der Waals surface area contributed by atoms with Gasteiger partial charge in [0.25, 0.3) is 0 Å². The number of aromatic nitrogens is 2. The van der Waals surface area contributed by atoms with Gasteiger partial charge in [-0.2, -0.15) is 5.10 Å². The van der Waals surface area contributed by atoms with Crippen molar-refractivity contribution in [1.82, 2.24) is 10.2 Å². The first-order valence-electron chi connectivity index (χ1n) is 6.14. The molecule has 2 heterocycles. The summed E-state index contributed by atoms with van der Waals surface area (Å²) in [5.41, 5.74) is 9.20. The zero-order chi connectivity index (χ0) is 11.8. The van der Waals surface area contributed by atoms with E-state index in [-0.39, 0.29) is 0 Å². The van der Waals surface area contributed by atoms with Crippen LogP contribution in [0.4, 0.5) is 0 Å². The molecule has 0 saturated heterocycles. The van der Waals surface area contributed by atoms with Gasteiger partial charge < -0.3 is 10.5 Å². The van der Waals surface area contributed by atoms with E-state index in [2.05, 4.69) is 17.1 Å². The number of nitrogens with zero attached hydrogens (tertiary/aromatic N) is 1. The molecule has 0 fully saturated rings. The molecule has 90 valence electrons. The molecule has 1 aliphatic heterocycles. The monoisotopic (exact) mass is 231 g/mol. The average Bonchev–Trinajstić information content (AvgIpc) is 2.82. The van der Waals surface area contributed by atoms with Crippen LogP contribution in [0.3, 0.4) is 0 Å². The number of hydrogen-bond acceptors (Lipinski definition) is 3. The number of nitrogens with one attached hydrogen (secondary N) is 1. The van der Waals surface area contributed by atoms with Gasteiger partial charge in [-0.25, -0.2) is 0 Å². The summed E-state index contributed by atoms with van der Waals surface area (Å²) in [5.74, 6) is 1.31. The third-order valence-corrected chi connectivity index (χ3v) is 3.49. The first-order valence-corrected chi connectivity index (χ1v) is 6.14. The second-order valence-corrected chi connectivity index (χ2v) is 4.66. The van der Waals surface area contributed by atoms with Crippen LogP contribution in [0, 0.1) is 0 Å². The maximum atomic E-state index is 5.75. The van der Waals surface area contributed by atoms with E-state index in [9.17, 15) is 0 Å². The summed E-state index contributed by atoms with van der Waals surface area (Å²) in [6, 6.07) is 4.04. The van der Waals surface area contributed by atoms with Crippen molar-refractivity contribution < 1.29 is 4.74 Å². The normalized spacial score (nSPS) is 16.6. The number of benzene rings is 1. The van der Waals surface area contributed by atoms with Gasteiger partial charge in [0.15, 0.2) is 0 Å². The Kier molecular flexibility index (Phi) is 2.52. The fourth-order valence-corrected chi connectivity index (χ4v) is 2.48. The van der Waals surface area contributed by atoms with Crippen LogP contribution in [-0.2, 0) is 6.42 Å². The van der Waals surface area contributed by atoms with Crippen LogP contribution in [0.1, 0.15) is 30.5 Å². The number of fused-ring (bicyclic) bond motifs is 3. The second kappa shape index (κ2) is 4.04. The number of aromatic amines is 1. The number of H-pyrrole nitrogens is 1. The predicted molar refractivity (Wildman–Crippen MR) is 67.4 cm³/mol. The molecule has 17 heavy (non-hydrogen) atoms. The van der Waals surface area contributed by atoms with Crippen molar-refractivity contribution in [3.8, 4) is 5.75 Å². The lowest BCUT2D eigenvalue weighted by Crippen LogP contribution is -2.12. The lowest BCUT2D eigenvalue weighted by Gasteiger charge is -2.18. The Morgan fingerprint density at radius 1 is 1.53 bits per heavy atom. The van der Waals surface area contributed by atoms with Gasteiger partial charge in [0, 0.05) is 29.1 Å². The summed E-state index contributed by atoms with van der Waals surface area (Å²) in [7, 11) is 0. The Bertz CT molecular complexity index is 547. The molecule has 3 N–H and O–H groups in total. The zero-order valence-corrected chi connectivity index (χ0v) is 9.99. The second-order valence-electron chi connectivity index (χ2n) is 4.66. The summed E-state index contributed by atoms with van der Waals surface area (Å²) in [6.07, 6.45) is 2.14. The van der Waals surface area contributed by atoms with Gasteiger partial charge in [0.1, 0.15) is 5.75 Å². The Balaban J connectivity index is 2.24. The highest BCUT2D eigenvalue weighted by Crippen LogP contribution is 2.35. The molecule has 0 spiro atoms. The highest BCUT2D eigenvalue weighted by atomic mass is 16.5. The van der Waals surface area contributed by atoms with Crippen LogP contribution < -0.4 is 10.5 Å². The van der Waals surface area contributed by atoms with Crippen LogP contribution in [0.25, 0.3) is 10.9 Å². The summed E-state index contributed by atoms with van der Waals surface area (Å²) in [5, 5.41) is 8.71. The van der Waals surface area contributed by atoms with Crippen molar-refractivity contribution in [3.63, 3.8) is 0 Å². The Labute approximate surface area is 100 Å². The minimum atomic E-state index is 0.299. The Morgan fingerprint density at radius 3 is 3.24 bits per heavy atom. The Hall–Kier alpha value is -1.55. The molecule has 0 amide bonds. The molecular weight excluding hydrogens is 214 g/mol. The fraction of sp³-hybridized carbons (Fsp3) is 0.462. The van der Waals surface area contributed by atoms with E-state index in [0.717, 1.165) is 36.4 Å². The minimum absolute atomic E-state index is 0.299. The van der Waals surface area contributed by atoms with Gasteiger partial charge in [0.05, 0.1) is 12.1 Å². The van der Waals surface area contributed by atoms with Crippen molar-refractivity contribution in [2.45, 2.75) is 25.7 Å². The van der Waals surface area contributed by atoms with Gasteiger partial charge in [-0.1, -0.05) is 6.92 Å². The molecule has 1 atom stereocenters. The maximum Gasteiger partial charge on any atom is 0.123 e. The molecule has 0 aliphatic carbocycles. The molecule has 3 rings (SSSR count). The van der Waals surface area contributed by atoms with Crippen LogP contribution in [0.5, 0.6) is 5.75 Å². The number of aryl methyl sites for hydroxylation is 1. The zero-order valence-electron chi connectivity index (χ0n) is 9.99. The van der Waals surface area contributed by atoms with Crippen LogP contribution in [0.15, 0.2) is 12.1 Å². The summed E-state index contributed by atoms with van der Waals surface area (Å²) < 4.78 is 5.70. The molecule has 4 nitrogen and oxygen atoms in total. The third kappa shape index (κ3) is 1.60. The van der Waals surface area contributed by atoms with Crippen LogP contribution >= 0.6 is 0 Å². The molecule has 0 bridgehead atoms. The topological polar surface area (TPSA) is 63.9 Å². The quantitative estimate of drug-likeness (QED) is 0.830. The molecule has 1 aliphatic rings.